The molecule has 0 fully saturated rings. The summed E-state index contributed by atoms with van der Waals surface area (Å²) in [5.41, 5.74) is 3.98. The van der Waals surface area contributed by atoms with Crippen molar-refractivity contribution in [2.45, 2.75) is 38.6 Å². The van der Waals surface area contributed by atoms with Crippen molar-refractivity contribution in [3.8, 4) is 5.75 Å². The van der Waals surface area contributed by atoms with Crippen molar-refractivity contribution in [2.75, 3.05) is 6.61 Å². The minimum absolute atomic E-state index is 0.00416. The summed E-state index contributed by atoms with van der Waals surface area (Å²) in [7, 11) is -4.07. The summed E-state index contributed by atoms with van der Waals surface area (Å²) in [4.78, 5) is 13.4. The Kier molecular flexibility index (Phi) is 7.78. The van der Waals surface area contributed by atoms with E-state index in [2.05, 4.69) is 20.7 Å². The van der Waals surface area contributed by atoms with E-state index >= 15 is 0 Å². The number of nitrogens with one attached hydrogen (secondary N) is 1. The Morgan fingerprint density at radius 3 is 2.53 bits per heavy atom. The van der Waals surface area contributed by atoms with Gasteiger partial charge in [-0.1, -0.05) is 45.7 Å². The largest absolute Gasteiger partial charge is 0.493 e. The minimum atomic E-state index is -4.07. The average molecular weight is 590 g/mol. The Morgan fingerprint density at radius 1 is 1.03 bits per heavy atom. The van der Waals surface area contributed by atoms with Gasteiger partial charge in [-0.15, -0.1) is 0 Å². The van der Waals surface area contributed by atoms with Crippen molar-refractivity contribution in [3.05, 3.63) is 92.5 Å². The summed E-state index contributed by atoms with van der Waals surface area (Å²) in [5, 5.41) is 1.33. The van der Waals surface area contributed by atoms with Crippen LogP contribution in [0, 0.1) is 20.8 Å². The highest BCUT2D eigenvalue weighted by atomic mass is 79.9. The van der Waals surface area contributed by atoms with Crippen molar-refractivity contribution in [1.29, 1.82) is 0 Å². The van der Waals surface area contributed by atoms with Gasteiger partial charge in [-0.3, -0.25) is 4.79 Å². The average Bonchev–Trinajstić information content (AvgIpc) is 3.10. The Bertz CT molecular complexity index is 1560. The zero-order chi connectivity index (χ0) is 26.0. The second kappa shape index (κ2) is 10.7. The lowest BCUT2D eigenvalue weighted by molar-refractivity contribution is 0.0971. The van der Waals surface area contributed by atoms with Crippen molar-refractivity contribution >= 4 is 54.4 Å². The van der Waals surface area contributed by atoms with Gasteiger partial charge in [0.2, 0.25) is 0 Å². The van der Waals surface area contributed by atoms with E-state index in [9.17, 15) is 13.2 Å². The molecule has 3 aromatic carbocycles. The van der Waals surface area contributed by atoms with Crippen LogP contribution in [0.1, 0.15) is 33.6 Å². The first-order chi connectivity index (χ1) is 17.1. The SMILES string of the molecule is Cc1cccc(OCCCn2c(C(=O)NS(=O)(=O)c3cccc(Br)c3)c(C)c3cc(Cl)ccc32)c1C. The van der Waals surface area contributed by atoms with Crippen molar-refractivity contribution in [3.63, 3.8) is 0 Å². The van der Waals surface area contributed by atoms with Gasteiger partial charge in [0.15, 0.2) is 0 Å². The highest BCUT2D eigenvalue weighted by Crippen LogP contribution is 2.29. The number of hydrogen-bond acceptors (Lipinski definition) is 4. The highest BCUT2D eigenvalue weighted by molar-refractivity contribution is 9.10. The Morgan fingerprint density at radius 2 is 1.78 bits per heavy atom. The van der Waals surface area contributed by atoms with Crippen LogP contribution in [0.4, 0.5) is 0 Å². The third kappa shape index (κ3) is 5.45. The van der Waals surface area contributed by atoms with E-state index in [1.807, 2.05) is 42.7 Å². The van der Waals surface area contributed by atoms with Crippen molar-refractivity contribution < 1.29 is 17.9 Å². The molecule has 1 heterocycles. The molecule has 0 aliphatic rings. The zero-order valence-electron chi connectivity index (χ0n) is 20.1. The van der Waals surface area contributed by atoms with Gasteiger partial charge in [0.1, 0.15) is 11.4 Å². The lowest BCUT2D eigenvalue weighted by Gasteiger charge is -2.14. The van der Waals surface area contributed by atoms with Crippen LogP contribution >= 0.6 is 27.5 Å². The van der Waals surface area contributed by atoms with E-state index in [-0.39, 0.29) is 10.6 Å². The van der Waals surface area contributed by atoms with Crippen LogP contribution in [0.5, 0.6) is 5.75 Å². The second-order valence-corrected chi connectivity index (χ2v) is 11.6. The summed E-state index contributed by atoms with van der Waals surface area (Å²) in [6, 6.07) is 17.5. The number of halogens is 2. The lowest BCUT2D eigenvalue weighted by Crippen LogP contribution is -2.32. The first kappa shape index (κ1) is 26.3. The highest BCUT2D eigenvalue weighted by Gasteiger charge is 2.25. The fraction of sp³-hybridized carbons (Fsp3) is 0.222. The molecule has 0 aliphatic heterocycles. The molecule has 6 nitrogen and oxygen atoms in total. The smallest absolute Gasteiger partial charge is 0.281 e. The molecule has 1 N–H and O–H groups in total. The molecule has 9 heteroatoms. The van der Waals surface area contributed by atoms with Gasteiger partial charge in [0, 0.05) is 26.9 Å². The number of nitrogens with zero attached hydrogens (tertiary/aromatic N) is 1. The van der Waals surface area contributed by atoms with E-state index in [0.29, 0.717) is 34.6 Å². The van der Waals surface area contributed by atoms with Crippen LogP contribution in [0.2, 0.25) is 5.02 Å². The summed E-state index contributed by atoms with van der Waals surface area (Å²) in [6.07, 6.45) is 0.609. The van der Waals surface area contributed by atoms with Gasteiger partial charge >= 0.3 is 0 Å². The topological polar surface area (TPSA) is 77.4 Å². The lowest BCUT2D eigenvalue weighted by atomic mass is 10.1. The number of ether oxygens (including phenoxy) is 1. The fourth-order valence-electron chi connectivity index (χ4n) is 4.17. The summed E-state index contributed by atoms with van der Waals surface area (Å²) < 4.78 is 36.5. The number of carbonyl (C=O) groups is 1. The standard InChI is InChI=1S/C27H26BrClN2O4S/c1-17-7-4-10-25(18(17)2)35-14-6-13-31-24-12-11-21(29)16-23(24)19(3)26(31)27(32)30-36(33,34)22-9-5-8-20(28)15-22/h4-5,7-12,15-16H,6,13-14H2,1-3H3,(H,30,32). The number of fused-ring (bicyclic) bond motifs is 1. The molecule has 1 aromatic heterocycles. The van der Waals surface area contributed by atoms with Gasteiger partial charge in [-0.05, 0) is 86.3 Å². The maximum Gasteiger partial charge on any atom is 0.281 e. The molecule has 0 atom stereocenters. The maximum absolute atomic E-state index is 13.4. The molecule has 4 aromatic rings. The molecule has 4 rings (SSSR count). The first-order valence-corrected chi connectivity index (χ1v) is 14.0. The number of benzene rings is 3. The van der Waals surface area contributed by atoms with Gasteiger partial charge in [0.25, 0.3) is 15.9 Å². The number of sulfonamides is 1. The first-order valence-electron chi connectivity index (χ1n) is 11.4. The fourth-order valence-corrected chi connectivity index (χ4v) is 5.89. The molecule has 0 saturated carbocycles. The van der Waals surface area contributed by atoms with E-state index in [4.69, 9.17) is 16.3 Å². The van der Waals surface area contributed by atoms with Crippen LogP contribution < -0.4 is 9.46 Å². The predicted octanol–water partition coefficient (Wildman–Crippen LogP) is 6.57. The van der Waals surface area contributed by atoms with E-state index in [1.54, 1.807) is 31.2 Å². The molecule has 0 aliphatic carbocycles. The van der Waals surface area contributed by atoms with Crippen LogP contribution in [0.15, 0.2) is 70.0 Å². The summed E-state index contributed by atoms with van der Waals surface area (Å²) in [6.45, 7) is 6.74. The molecular weight excluding hydrogens is 564 g/mol. The number of amides is 1. The number of aromatic nitrogens is 1. The van der Waals surface area contributed by atoms with Gasteiger partial charge in [-0.2, -0.15) is 0 Å². The molecule has 0 saturated heterocycles. The third-order valence-corrected chi connectivity index (χ3v) is 8.22. The normalized spacial score (nSPS) is 11.6. The maximum atomic E-state index is 13.4. The second-order valence-electron chi connectivity index (χ2n) is 8.58. The molecule has 0 unspecified atom stereocenters. The molecular formula is C27H26BrClN2O4S. The van der Waals surface area contributed by atoms with Gasteiger partial charge < -0.3 is 9.30 Å². The van der Waals surface area contributed by atoms with Crippen LogP contribution in [0.3, 0.4) is 0 Å². The zero-order valence-corrected chi connectivity index (χ0v) is 23.3. The Hall–Kier alpha value is -2.81. The quantitative estimate of drug-likeness (QED) is 0.236. The minimum Gasteiger partial charge on any atom is -0.493 e. The Balaban J connectivity index is 1.62. The van der Waals surface area contributed by atoms with E-state index < -0.39 is 15.9 Å². The van der Waals surface area contributed by atoms with Crippen molar-refractivity contribution in [1.82, 2.24) is 9.29 Å². The van der Waals surface area contributed by atoms with E-state index in [1.165, 1.54) is 12.1 Å². The molecule has 36 heavy (non-hydrogen) atoms. The molecule has 0 radical (unpaired) electrons. The monoisotopic (exact) mass is 588 g/mol. The van der Waals surface area contributed by atoms with Crippen molar-refractivity contribution in [2.24, 2.45) is 0 Å². The number of aryl methyl sites for hydroxylation is 3. The third-order valence-electron chi connectivity index (χ3n) is 6.17. The number of carbonyl (C=O) groups excluding carboxylic acids is 1. The van der Waals surface area contributed by atoms with Gasteiger partial charge in [0.05, 0.1) is 11.5 Å². The summed E-state index contributed by atoms with van der Waals surface area (Å²) in [5.74, 6) is 0.128. The number of hydrogen-bond donors (Lipinski definition) is 1. The van der Waals surface area contributed by atoms with Gasteiger partial charge in [-0.25, -0.2) is 13.1 Å². The van der Waals surface area contributed by atoms with Crippen LogP contribution in [-0.2, 0) is 16.6 Å². The molecule has 188 valence electrons. The van der Waals surface area contributed by atoms with Crippen LogP contribution in [-0.4, -0.2) is 25.5 Å². The molecule has 0 bridgehead atoms. The van der Waals surface area contributed by atoms with Crippen LogP contribution in [0.25, 0.3) is 10.9 Å². The summed E-state index contributed by atoms with van der Waals surface area (Å²) >= 11 is 9.50. The number of rotatable bonds is 8. The van der Waals surface area contributed by atoms with E-state index in [0.717, 1.165) is 27.8 Å². The Labute approximate surface area is 224 Å². The predicted molar refractivity (Wildman–Crippen MR) is 147 cm³/mol. The molecule has 1 amide bonds. The molecule has 0 spiro atoms.